The summed E-state index contributed by atoms with van der Waals surface area (Å²) < 4.78 is 0.872. The van der Waals surface area contributed by atoms with Crippen LogP contribution in [0.25, 0.3) is 0 Å². The number of rotatable bonds is 7. The number of unbranched alkanes of at least 4 members (excludes halogenated alkanes) is 1. The second-order valence-corrected chi connectivity index (χ2v) is 5.17. The number of hydrogen-bond donors (Lipinski definition) is 3. The number of hydrogen-bond acceptors (Lipinski definition) is 3. The fourth-order valence-corrected chi connectivity index (χ4v) is 2.50. The maximum absolute atomic E-state index is 10.6. The molecule has 98 valence electrons. The zero-order valence-corrected chi connectivity index (χ0v) is 12.3. The Hall–Kier alpha value is -1.14. The Balaban J connectivity index is 2.54. The molecule has 0 saturated heterocycles. The fourth-order valence-electron chi connectivity index (χ4n) is 1.57. The van der Waals surface area contributed by atoms with E-state index in [1.165, 1.54) is 0 Å². The summed E-state index contributed by atoms with van der Waals surface area (Å²) in [5.41, 5.74) is 12.5. The highest BCUT2D eigenvalue weighted by Gasteiger charge is 2.08. The lowest BCUT2D eigenvalue weighted by Gasteiger charge is -2.12. The third-order valence-electron chi connectivity index (χ3n) is 2.43. The first-order valence-corrected chi connectivity index (χ1v) is 6.83. The van der Waals surface area contributed by atoms with Crippen molar-refractivity contribution in [1.82, 2.24) is 0 Å². The Bertz CT molecular complexity index is 451. The van der Waals surface area contributed by atoms with E-state index >= 15 is 0 Å². The van der Waals surface area contributed by atoms with Crippen LogP contribution in [0.15, 0.2) is 22.7 Å². The molecule has 18 heavy (non-hydrogen) atoms. The summed E-state index contributed by atoms with van der Waals surface area (Å²) in [6.45, 7) is 0.749. The molecule has 0 bridgehead atoms. The Morgan fingerprint density at radius 1 is 1.33 bits per heavy atom. The minimum absolute atomic E-state index is 0.263. The molecule has 0 aliphatic rings. The van der Waals surface area contributed by atoms with E-state index in [4.69, 9.17) is 23.7 Å². The van der Waals surface area contributed by atoms with Crippen molar-refractivity contribution >= 4 is 44.7 Å². The molecule has 0 fully saturated rings. The van der Waals surface area contributed by atoms with Crippen molar-refractivity contribution in [2.75, 3.05) is 11.9 Å². The number of carbonyl (C=O) groups is 1. The Kier molecular flexibility index (Phi) is 6.07. The molecule has 0 aliphatic carbocycles. The first-order chi connectivity index (χ1) is 8.52. The smallest absolute Gasteiger partial charge is 0.217 e. The monoisotopic (exact) mass is 329 g/mol. The van der Waals surface area contributed by atoms with Crippen LogP contribution in [0, 0.1) is 0 Å². The van der Waals surface area contributed by atoms with E-state index in [0.717, 1.165) is 35.1 Å². The number of nitrogens with one attached hydrogen (secondary N) is 1. The van der Waals surface area contributed by atoms with Gasteiger partial charge < -0.3 is 16.8 Å². The Morgan fingerprint density at radius 2 is 2.06 bits per heavy atom. The van der Waals surface area contributed by atoms with E-state index in [0.29, 0.717) is 11.4 Å². The summed E-state index contributed by atoms with van der Waals surface area (Å²) >= 11 is 8.44. The van der Waals surface area contributed by atoms with Gasteiger partial charge in [0.15, 0.2) is 0 Å². The minimum atomic E-state index is -0.263. The average Bonchev–Trinajstić information content (AvgIpc) is 2.27. The molecule has 0 heterocycles. The van der Waals surface area contributed by atoms with Crippen LogP contribution in [0.1, 0.15) is 24.8 Å². The van der Waals surface area contributed by atoms with Crippen LogP contribution in [-0.4, -0.2) is 17.4 Å². The number of thiocarbonyl (C=S) groups is 1. The molecule has 1 aromatic carbocycles. The van der Waals surface area contributed by atoms with E-state index < -0.39 is 0 Å². The summed E-state index contributed by atoms with van der Waals surface area (Å²) in [7, 11) is 0. The molecule has 0 atom stereocenters. The first-order valence-electron chi connectivity index (χ1n) is 5.63. The highest BCUT2D eigenvalue weighted by atomic mass is 79.9. The summed E-state index contributed by atoms with van der Waals surface area (Å²) in [5.74, 6) is -0.263. The number of nitrogens with two attached hydrogens (primary N) is 2. The number of amides is 1. The average molecular weight is 330 g/mol. The molecule has 0 unspecified atom stereocenters. The van der Waals surface area contributed by atoms with Gasteiger partial charge >= 0.3 is 0 Å². The third-order valence-corrected chi connectivity index (χ3v) is 3.29. The van der Waals surface area contributed by atoms with Gasteiger partial charge in [-0.05, 0) is 40.9 Å². The van der Waals surface area contributed by atoms with Gasteiger partial charge in [-0.2, -0.15) is 0 Å². The van der Waals surface area contributed by atoms with E-state index in [-0.39, 0.29) is 5.91 Å². The molecule has 0 radical (unpaired) electrons. The number of benzene rings is 1. The van der Waals surface area contributed by atoms with Crippen LogP contribution in [0.5, 0.6) is 0 Å². The van der Waals surface area contributed by atoms with Crippen molar-refractivity contribution in [3.63, 3.8) is 0 Å². The zero-order valence-electron chi connectivity index (χ0n) is 9.91. The molecule has 0 saturated carbocycles. The van der Waals surface area contributed by atoms with Gasteiger partial charge in [0.1, 0.15) is 4.99 Å². The van der Waals surface area contributed by atoms with Crippen molar-refractivity contribution in [3.8, 4) is 0 Å². The lowest BCUT2D eigenvalue weighted by molar-refractivity contribution is -0.118. The van der Waals surface area contributed by atoms with Crippen molar-refractivity contribution in [3.05, 3.63) is 28.2 Å². The van der Waals surface area contributed by atoms with E-state index in [9.17, 15) is 4.79 Å². The number of halogens is 1. The SMILES string of the molecule is NC(=O)CCCCNc1cccc(Br)c1C(N)=S. The molecule has 0 aromatic heterocycles. The highest BCUT2D eigenvalue weighted by Crippen LogP contribution is 2.24. The van der Waals surface area contributed by atoms with E-state index in [2.05, 4.69) is 21.2 Å². The second kappa shape index (κ2) is 7.33. The largest absolute Gasteiger partial charge is 0.389 e. The Morgan fingerprint density at radius 3 is 2.67 bits per heavy atom. The van der Waals surface area contributed by atoms with Crippen LogP contribution in [0.3, 0.4) is 0 Å². The topological polar surface area (TPSA) is 81.1 Å². The standard InChI is InChI=1S/C12H16BrN3OS/c13-8-4-3-5-9(11(8)12(15)18)16-7-2-1-6-10(14)17/h3-5,16H,1-2,6-7H2,(H2,14,17)(H2,15,18). The molecule has 0 aliphatic heterocycles. The summed E-state index contributed by atoms with van der Waals surface area (Å²) in [5, 5.41) is 3.26. The summed E-state index contributed by atoms with van der Waals surface area (Å²) in [6, 6.07) is 5.73. The molecule has 1 amide bonds. The highest BCUT2D eigenvalue weighted by molar-refractivity contribution is 9.10. The van der Waals surface area contributed by atoms with Gasteiger partial charge in [-0.15, -0.1) is 0 Å². The minimum Gasteiger partial charge on any atom is -0.389 e. The van der Waals surface area contributed by atoms with Gasteiger partial charge in [-0.25, -0.2) is 0 Å². The lowest BCUT2D eigenvalue weighted by atomic mass is 10.1. The van der Waals surface area contributed by atoms with Crippen molar-refractivity contribution < 1.29 is 4.79 Å². The van der Waals surface area contributed by atoms with Crippen LogP contribution < -0.4 is 16.8 Å². The van der Waals surface area contributed by atoms with Crippen molar-refractivity contribution in [2.45, 2.75) is 19.3 Å². The van der Waals surface area contributed by atoms with Crippen LogP contribution in [-0.2, 0) is 4.79 Å². The van der Waals surface area contributed by atoms with Crippen LogP contribution in [0.2, 0.25) is 0 Å². The summed E-state index contributed by atoms with van der Waals surface area (Å²) in [4.78, 5) is 10.9. The zero-order chi connectivity index (χ0) is 13.5. The molecule has 5 N–H and O–H groups in total. The van der Waals surface area contributed by atoms with Crippen molar-refractivity contribution in [1.29, 1.82) is 0 Å². The fraction of sp³-hybridized carbons (Fsp3) is 0.333. The molecule has 1 rings (SSSR count). The van der Waals surface area contributed by atoms with Gasteiger partial charge in [-0.1, -0.05) is 18.3 Å². The van der Waals surface area contributed by atoms with Gasteiger partial charge in [0.25, 0.3) is 0 Å². The van der Waals surface area contributed by atoms with E-state index in [1.54, 1.807) is 0 Å². The van der Waals surface area contributed by atoms with Gasteiger partial charge in [0.2, 0.25) is 5.91 Å². The molecular weight excluding hydrogens is 314 g/mol. The number of primary amides is 1. The third kappa shape index (κ3) is 4.62. The normalized spacial score (nSPS) is 10.1. The van der Waals surface area contributed by atoms with Crippen molar-refractivity contribution in [2.24, 2.45) is 11.5 Å². The second-order valence-electron chi connectivity index (χ2n) is 3.88. The molecular formula is C12H16BrN3OS. The van der Waals surface area contributed by atoms with Crippen LogP contribution >= 0.6 is 28.1 Å². The Labute approximate surface area is 120 Å². The maximum Gasteiger partial charge on any atom is 0.217 e. The van der Waals surface area contributed by atoms with Gasteiger partial charge in [0, 0.05) is 28.7 Å². The molecule has 6 heteroatoms. The number of carbonyl (C=O) groups excluding carboxylic acids is 1. The van der Waals surface area contributed by atoms with Gasteiger partial charge in [-0.3, -0.25) is 4.79 Å². The molecule has 0 spiro atoms. The lowest BCUT2D eigenvalue weighted by Crippen LogP contribution is -2.15. The van der Waals surface area contributed by atoms with Gasteiger partial charge in [0.05, 0.1) is 0 Å². The maximum atomic E-state index is 10.6. The van der Waals surface area contributed by atoms with E-state index in [1.807, 2.05) is 18.2 Å². The predicted octanol–water partition coefficient (Wildman–Crippen LogP) is 2.15. The first kappa shape index (κ1) is 14.9. The summed E-state index contributed by atoms with van der Waals surface area (Å²) in [6.07, 6.45) is 2.06. The van der Waals surface area contributed by atoms with Crippen LogP contribution in [0.4, 0.5) is 5.69 Å². The predicted molar refractivity (Wildman–Crippen MR) is 81.6 cm³/mol. The molecule has 1 aromatic rings. The quantitative estimate of drug-likeness (QED) is 0.529. The molecule has 4 nitrogen and oxygen atoms in total. The number of anilines is 1.